The Hall–Kier alpha value is -1.22. The van der Waals surface area contributed by atoms with Gasteiger partial charge in [-0.2, -0.15) is 0 Å². The second-order valence-corrected chi connectivity index (χ2v) is 9.61. The van der Waals surface area contributed by atoms with Crippen LogP contribution in [0.15, 0.2) is 24.3 Å². The molecule has 8 heteroatoms. The van der Waals surface area contributed by atoms with Gasteiger partial charge in [0.05, 0.1) is 19.3 Å². The Morgan fingerprint density at radius 1 is 1.17 bits per heavy atom. The van der Waals surface area contributed by atoms with Gasteiger partial charge in [-0.1, -0.05) is 18.2 Å². The quantitative estimate of drug-likeness (QED) is 0.632. The van der Waals surface area contributed by atoms with Crippen molar-refractivity contribution >= 4 is 10.0 Å². The van der Waals surface area contributed by atoms with Gasteiger partial charge in [-0.05, 0) is 69.5 Å². The van der Waals surface area contributed by atoms with Crippen LogP contribution in [0, 0.1) is 0 Å². The van der Waals surface area contributed by atoms with E-state index in [-0.39, 0.29) is 18.2 Å². The van der Waals surface area contributed by atoms with Crippen molar-refractivity contribution in [3.63, 3.8) is 0 Å². The van der Waals surface area contributed by atoms with Crippen molar-refractivity contribution in [1.82, 2.24) is 10.0 Å². The van der Waals surface area contributed by atoms with Crippen LogP contribution in [-0.2, 0) is 14.8 Å². The van der Waals surface area contributed by atoms with E-state index in [1.807, 2.05) is 19.1 Å². The molecule has 1 saturated heterocycles. The molecule has 1 saturated carbocycles. The number of benzene rings is 1. The van der Waals surface area contributed by atoms with E-state index < -0.39 is 16.0 Å². The molecule has 1 aliphatic heterocycles. The molecule has 0 amide bonds. The van der Waals surface area contributed by atoms with E-state index in [1.54, 1.807) is 0 Å². The van der Waals surface area contributed by atoms with Gasteiger partial charge >= 0.3 is 0 Å². The van der Waals surface area contributed by atoms with Gasteiger partial charge in [-0.3, -0.25) is 0 Å². The lowest BCUT2D eigenvalue weighted by Gasteiger charge is -2.35. The molecule has 3 rings (SSSR count). The number of sulfonamides is 1. The van der Waals surface area contributed by atoms with E-state index in [2.05, 4.69) is 22.2 Å². The Labute approximate surface area is 173 Å². The van der Waals surface area contributed by atoms with E-state index in [1.165, 1.54) is 5.56 Å². The third kappa shape index (κ3) is 6.38. The number of hydrogen-bond donors (Lipinski definition) is 2. The highest BCUT2D eigenvalue weighted by Gasteiger charge is 2.31. The van der Waals surface area contributed by atoms with Gasteiger partial charge in [0.1, 0.15) is 5.75 Å². The Kier molecular flexibility index (Phi) is 8.29. The fraction of sp³-hybridized carbons (Fsp3) is 0.714. The Balaban J connectivity index is 1.49. The van der Waals surface area contributed by atoms with Crippen molar-refractivity contribution in [3.8, 4) is 5.75 Å². The summed E-state index contributed by atoms with van der Waals surface area (Å²) in [5.41, 5.74) is 1.28. The fourth-order valence-electron chi connectivity index (χ4n) is 4.42. The first-order valence-corrected chi connectivity index (χ1v) is 12.3. The highest BCUT2D eigenvalue weighted by atomic mass is 32.2. The molecule has 2 aliphatic rings. The van der Waals surface area contributed by atoms with Crippen LogP contribution >= 0.6 is 0 Å². The average Bonchev–Trinajstić information content (AvgIpc) is 2.74. The Bertz CT molecular complexity index is 738. The van der Waals surface area contributed by atoms with Crippen molar-refractivity contribution in [2.75, 3.05) is 25.8 Å². The van der Waals surface area contributed by atoms with Crippen LogP contribution in [0.5, 0.6) is 5.75 Å². The summed E-state index contributed by atoms with van der Waals surface area (Å²) in [7, 11) is -3.87. The smallest absolute Gasteiger partial charge is 0.241 e. The molecule has 164 valence electrons. The number of nitrogens with one attached hydrogen (secondary N) is 2. The number of piperidine rings is 1. The number of rotatable bonds is 9. The summed E-state index contributed by atoms with van der Waals surface area (Å²) >= 11 is 0. The monoisotopic (exact) mass is 428 g/mol. The molecule has 2 N–H and O–H groups in total. The first-order valence-electron chi connectivity index (χ1n) is 10.6. The van der Waals surface area contributed by atoms with Crippen LogP contribution in [0.4, 0.5) is 4.39 Å². The zero-order valence-electron chi connectivity index (χ0n) is 17.1. The van der Waals surface area contributed by atoms with E-state index >= 15 is 0 Å². The summed E-state index contributed by atoms with van der Waals surface area (Å²) in [5, 5.41) is 3.32. The number of para-hydroxylation sites is 1. The third-order valence-corrected chi connectivity index (χ3v) is 6.85. The summed E-state index contributed by atoms with van der Waals surface area (Å²) in [5.74, 6) is 1.46. The van der Waals surface area contributed by atoms with E-state index in [0.717, 1.165) is 44.4 Å². The number of hydrogen-bond acceptors (Lipinski definition) is 5. The normalized spacial score (nSPS) is 28.2. The number of ether oxygens (including phenoxy) is 2. The maximum absolute atomic E-state index is 12.7. The average molecular weight is 429 g/mol. The SMILES string of the molecule is CCOc1ccccc1[C@H]1CC[C@@H](OC[C@@H]2NCCC[C@@H]2NS(=O)(=O)CF)CC1. The molecule has 1 aromatic rings. The molecule has 0 radical (unpaired) electrons. The predicted octanol–water partition coefficient (Wildman–Crippen LogP) is 3.10. The lowest BCUT2D eigenvalue weighted by atomic mass is 9.82. The first kappa shape index (κ1) is 22.5. The molecule has 2 atom stereocenters. The van der Waals surface area contributed by atoms with Crippen molar-refractivity contribution in [2.45, 2.75) is 69.6 Å². The van der Waals surface area contributed by atoms with Gasteiger partial charge in [0.15, 0.2) is 0 Å². The molecule has 2 fully saturated rings. The summed E-state index contributed by atoms with van der Waals surface area (Å²) in [6, 6.07) is 6.44. The molecular weight excluding hydrogens is 395 g/mol. The molecule has 29 heavy (non-hydrogen) atoms. The summed E-state index contributed by atoms with van der Waals surface area (Å²) in [6.07, 6.45) is 5.77. The second kappa shape index (κ2) is 10.7. The number of halogens is 1. The van der Waals surface area contributed by atoms with E-state index in [4.69, 9.17) is 9.47 Å². The third-order valence-electron chi connectivity index (χ3n) is 5.90. The van der Waals surface area contributed by atoms with Crippen LogP contribution in [0.3, 0.4) is 0 Å². The van der Waals surface area contributed by atoms with Gasteiger partial charge in [-0.15, -0.1) is 0 Å². The molecular formula is C21H33FN2O4S. The zero-order valence-corrected chi connectivity index (χ0v) is 17.9. The molecule has 1 aromatic carbocycles. The lowest BCUT2D eigenvalue weighted by Crippen LogP contribution is -2.55. The topological polar surface area (TPSA) is 76.7 Å². The predicted molar refractivity (Wildman–Crippen MR) is 111 cm³/mol. The van der Waals surface area contributed by atoms with Gasteiger partial charge < -0.3 is 14.8 Å². The van der Waals surface area contributed by atoms with Gasteiger partial charge in [0.2, 0.25) is 16.0 Å². The zero-order chi connectivity index (χ0) is 20.7. The summed E-state index contributed by atoms with van der Waals surface area (Å²) < 4.78 is 50.3. The molecule has 0 spiro atoms. The molecule has 0 unspecified atom stereocenters. The minimum absolute atomic E-state index is 0.124. The van der Waals surface area contributed by atoms with Crippen LogP contribution in [0.1, 0.15) is 56.9 Å². The molecule has 6 nitrogen and oxygen atoms in total. The van der Waals surface area contributed by atoms with Gasteiger partial charge in [0.25, 0.3) is 0 Å². The summed E-state index contributed by atoms with van der Waals surface area (Å²) in [4.78, 5) is 0. The largest absolute Gasteiger partial charge is 0.494 e. The Morgan fingerprint density at radius 3 is 2.66 bits per heavy atom. The Morgan fingerprint density at radius 2 is 1.93 bits per heavy atom. The molecule has 0 aromatic heterocycles. The van der Waals surface area contributed by atoms with Crippen molar-refractivity contribution in [2.24, 2.45) is 0 Å². The molecule has 1 aliphatic carbocycles. The van der Waals surface area contributed by atoms with Crippen LogP contribution in [-0.4, -0.2) is 52.4 Å². The molecule has 1 heterocycles. The van der Waals surface area contributed by atoms with Crippen molar-refractivity contribution in [3.05, 3.63) is 29.8 Å². The van der Waals surface area contributed by atoms with Gasteiger partial charge in [0, 0.05) is 12.1 Å². The lowest BCUT2D eigenvalue weighted by molar-refractivity contribution is 0.00508. The van der Waals surface area contributed by atoms with Crippen LogP contribution in [0.25, 0.3) is 0 Å². The van der Waals surface area contributed by atoms with Crippen molar-refractivity contribution < 1.29 is 22.3 Å². The minimum Gasteiger partial charge on any atom is -0.494 e. The summed E-state index contributed by atoms with van der Waals surface area (Å²) in [6.45, 7) is 3.92. The maximum Gasteiger partial charge on any atom is 0.241 e. The van der Waals surface area contributed by atoms with Crippen molar-refractivity contribution in [1.29, 1.82) is 0 Å². The van der Waals surface area contributed by atoms with E-state index in [0.29, 0.717) is 25.6 Å². The maximum atomic E-state index is 12.7. The van der Waals surface area contributed by atoms with Crippen LogP contribution in [0.2, 0.25) is 0 Å². The second-order valence-electron chi connectivity index (χ2n) is 7.93. The minimum atomic E-state index is -3.87. The van der Waals surface area contributed by atoms with Gasteiger partial charge in [-0.25, -0.2) is 17.5 Å². The highest BCUT2D eigenvalue weighted by molar-refractivity contribution is 7.89. The fourth-order valence-corrected chi connectivity index (χ4v) is 5.22. The highest BCUT2D eigenvalue weighted by Crippen LogP contribution is 2.38. The van der Waals surface area contributed by atoms with E-state index in [9.17, 15) is 12.8 Å². The number of alkyl halides is 1. The van der Waals surface area contributed by atoms with Crippen LogP contribution < -0.4 is 14.8 Å². The first-order chi connectivity index (χ1) is 14.0. The molecule has 0 bridgehead atoms. The standard InChI is InChI=1S/C21H33FN2O4S/c1-2-27-21-8-4-3-6-18(21)16-9-11-17(12-10-16)28-14-20-19(7-5-13-23-20)24-29(25,26)15-22/h3-4,6,8,16-17,19-20,23-24H,2,5,7,9-15H2,1H3/t16-,17+,19-,20-/m0/s1.